The predicted octanol–water partition coefficient (Wildman–Crippen LogP) is 4.91. The Kier molecular flexibility index (Phi) is 4.92. The largest absolute Gasteiger partial charge is 0.482 e. The van der Waals surface area contributed by atoms with Crippen LogP contribution in [0.2, 0.25) is 0 Å². The van der Waals surface area contributed by atoms with Crippen LogP contribution in [0.1, 0.15) is 6.92 Å². The summed E-state index contributed by atoms with van der Waals surface area (Å²) in [5.41, 5.74) is 1.20. The average molecular weight is 443 g/mol. The Balaban J connectivity index is 1.78. The molecule has 0 amide bonds. The van der Waals surface area contributed by atoms with Gasteiger partial charge < -0.3 is 18.3 Å². The minimum atomic E-state index is -0.482. The summed E-state index contributed by atoms with van der Waals surface area (Å²) in [6, 6.07) is 13.9. The molecule has 0 bridgehead atoms. The summed E-state index contributed by atoms with van der Waals surface area (Å²) in [5, 5.41) is 1.54. The van der Waals surface area contributed by atoms with Crippen LogP contribution in [0.5, 0.6) is 5.75 Å². The van der Waals surface area contributed by atoms with Gasteiger partial charge in [0.05, 0.1) is 6.61 Å². The highest BCUT2D eigenvalue weighted by Gasteiger charge is 2.14. The van der Waals surface area contributed by atoms with Crippen LogP contribution < -0.4 is 10.4 Å². The Morgan fingerprint density at radius 1 is 1.04 bits per heavy atom. The molecular formula is C21H15BrO6. The predicted molar refractivity (Wildman–Crippen MR) is 108 cm³/mol. The van der Waals surface area contributed by atoms with Crippen LogP contribution in [0.4, 0.5) is 0 Å². The van der Waals surface area contributed by atoms with Crippen molar-refractivity contribution in [1.29, 1.82) is 0 Å². The van der Waals surface area contributed by atoms with Gasteiger partial charge in [-0.2, -0.15) is 0 Å². The van der Waals surface area contributed by atoms with E-state index in [0.29, 0.717) is 33.6 Å². The first kappa shape index (κ1) is 18.3. The van der Waals surface area contributed by atoms with Crippen LogP contribution in [-0.4, -0.2) is 19.2 Å². The van der Waals surface area contributed by atoms with E-state index in [-0.39, 0.29) is 13.2 Å². The quantitative estimate of drug-likeness (QED) is 0.322. The van der Waals surface area contributed by atoms with E-state index in [9.17, 15) is 9.59 Å². The number of esters is 1. The zero-order valence-electron chi connectivity index (χ0n) is 14.9. The van der Waals surface area contributed by atoms with Crippen LogP contribution in [0, 0.1) is 0 Å². The van der Waals surface area contributed by atoms with Gasteiger partial charge >= 0.3 is 11.6 Å². The molecule has 0 fully saturated rings. The van der Waals surface area contributed by atoms with Crippen molar-refractivity contribution >= 4 is 43.8 Å². The maximum Gasteiger partial charge on any atom is 0.344 e. The second-order valence-corrected chi connectivity index (χ2v) is 6.94. The van der Waals surface area contributed by atoms with Gasteiger partial charge in [0.25, 0.3) is 0 Å². The highest BCUT2D eigenvalue weighted by atomic mass is 79.9. The molecule has 2 aromatic heterocycles. The van der Waals surface area contributed by atoms with Crippen molar-refractivity contribution in [3.8, 4) is 17.1 Å². The molecule has 7 heteroatoms. The topological polar surface area (TPSA) is 78.9 Å². The fraction of sp³-hybridized carbons (Fsp3) is 0.143. The van der Waals surface area contributed by atoms with Crippen LogP contribution in [0.25, 0.3) is 33.3 Å². The van der Waals surface area contributed by atoms with Crippen molar-refractivity contribution in [3.63, 3.8) is 0 Å². The number of carbonyl (C=O) groups excluding carboxylic acids is 1. The fourth-order valence-corrected chi connectivity index (χ4v) is 3.31. The van der Waals surface area contributed by atoms with Crippen molar-refractivity contribution in [2.24, 2.45) is 0 Å². The first-order valence-corrected chi connectivity index (χ1v) is 9.38. The van der Waals surface area contributed by atoms with E-state index in [4.69, 9.17) is 18.3 Å². The van der Waals surface area contributed by atoms with Gasteiger partial charge in [-0.25, -0.2) is 9.59 Å². The lowest BCUT2D eigenvalue weighted by Gasteiger charge is -2.08. The first-order chi connectivity index (χ1) is 13.5. The minimum Gasteiger partial charge on any atom is -0.482 e. The zero-order chi connectivity index (χ0) is 19.7. The number of benzene rings is 2. The number of halogens is 1. The van der Waals surface area contributed by atoms with Crippen LogP contribution in [0.15, 0.2) is 66.6 Å². The lowest BCUT2D eigenvalue weighted by atomic mass is 10.1. The maximum atomic E-state index is 12.0. The van der Waals surface area contributed by atoms with Gasteiger partial charge in [-0.15, -0.1) is 0 Å². The molecule has 28 heavy (non-hydrogen) atoms. The smallest absolute Gasteiger partial charge is 0.344 e. The Bertz CT molecular complexity index is 1240. The molecule has 4 aromatic rings. The molecule has 0 spiro atoms. The molecule has 0 aliphatic carbocycles. The van der Waals surface area contributed by atoms with Gasteiger partial charge in [-0.1, -0.05) is 15.9 Å². The van der Waals surface area contributed by atoms with Crippen molar-refractivity contribution in [2.45, 2.75) is 6.92 Å². The lowest BCUT2D eigenvalue weighted by molar-refractivity contribution is -0.145. The number of rotatable bonds is 5. The number of fused-ring (bicyclic) bond motifs is 2. The van der Waals surface area contributed by atoms with Gasteiger partial charge in [-0.3, -0.25) is 0 Å². The summed E-state index contributed by atoms with van der Waals surface area (Å²) < 4.78 is 22.5. The molecule has 6 nitrogen and oxygen atoms in total. The second-order valence-electron chi connectivity index (χ2n) is 6.02. The summed E-state index contributed by atoms with van der Waals surface area (Å²) in [5.74, 6) is 0.535. The Morgan fingerprint density at radius 3 is 2.68 bits per heavy atom. The Labute approximate surface area is 167 Å². The molecule has 0 radical (unpaired) electrons. The Hall–Kier alpha value is -3.06. The minimum absolute atomic E-state index is 0.204. The summed E-state index contributed by atoms with van der Waals surface area (Å²) >= 11 is 3.44. The monoisotopic (exact) mass is 442 g/mol. The SMILES string of the molecule is CCOC(=O)COc1ccc2oc(=O)cc(-c3cc4cc(Br)ccc4o3)c2c1. The van der Waals surface area contributed by atoms with Gasteiger partial charge in [0, 0.05) is 26.9 Å². The fourth-order valence-electron chi connectivity index (χ4n) is 2.93. The summed E-state index contributed by atoms with van der Waals surface area (Å²) in [4.78, 5) is 23.5. The third-order valence-electron chi connectivity index (χ3n) is 4.12. The molecule has 0 N–H and O–H groups in total. The number of furan rings is 1. The van der Waals surface area contributed by atoms with E-state index in [2.05, 4.69) is 15.9 Å². The van der Waals surface area contributed by atoms with Crippen molar-refractivity contribution in [1.82, 2.24) is 0 Å². The van der Waals surface area contributed by atoms with Gasteiger partial charge in [0.1, 0.15) is 22.7 Å². The standard InChI is InChI=1S/C21H15BrO6/c1-2-25-21(24)11-26-14-4-6-18-15(9-14)16(10-20(23)28-18)19-8-12-7-13(22)3-5-17(12)27-19/h3-10H,2,11H2,1H3. The lowest BCUT2D eigenvalue weighted by Crippen LogP contribution is -2.14. The molecule has 4 rings (SSSR count). The normalized spacial score (nSPS) is 11.1. The highest BCUT2D eigenvalue weighted by molar-refractivity contribution is 9.10. The van der Waals surface area contributed by atoms with E-state index in [1.807, 2.05) is 24.3 Å². The number of hydrogen-bond donors (Lipinski definition) is 0. The molecule has 2 aromatic carbocycles. The van der Waals surface area contributed by atoms with E-state index >= 15 is 0 Å². The zero-order valence-corrected chi connectivity index (χ0v) is 16.4. The summed E-state index contributed by atoms with van der Waals surface area (Å²) in [6.45, 7) is 1.82. The highest BCUT2D eigenvalue weighted by Crippen LogP contribution is 2.34. The van der Waals surface area contributed by atoms with Gasteiger partial charge in [0.15, 0.2) is 6.61 Å². The summed E-state index contributed by atoms with van der Waals surface area (Å²) in [6.07, 6.45) is 0. The molecule has 0 aliphatic heterocycles. The van der Waals surface area contributed by atoms with Crippen LogP contribution in [0.3, 0.4) is 0 Å². The molecule has 0 aliphatic rings. The molecule has 2 heterocycles. The number of hydrogen-bond acceptors (Lipinski definition) is 6. The molecular weight excluding hydrogens is 428 g/mol. The third kappa shape index (κ3) is 3.66. The molecule has 142 valence electrons. The van der Waals surface area contributed by atoms with Crippen molar-refractivity contribution < 1.29 is 23.1 Å². The van der Waals surface area contributed by atoms with E-state index in [1.165, 1.54) is 6.07 Å². The van der Waals surface area contributed by atoms with Gasteiger partial charge in [0.2, 0.25) is 0 Å². The molecule has 0 saturated carbocycles. The van der Waals surface area contributed by atoms with E-state index < -0.39 is 11.6 Å². The summed E-state index contributed by atoms with van der Waals surface area (Å²) in [7, 11) is 0. The third-order valence-corrected chi connectivity index (χ3v) is 4.61. The second kappa shape index (κ2) is 7.52. The number of carbonyl (C=O) groups is 1. The number of ether oxygens (including phenoxy) is 2. The first-order valence-electron chi connectivity index (χ1n) is 8.59. The van der Waals surface area contributed by atoms with E-state index in [1.54, 1.807) is 25.1 Å². The van der Waals surface area contributed by atoms with Crippen LogP contribution in [-0.2, 0) is 9.53 Å². The van der Waals surface area contributed by atoms with E-state index in [0.717, 1.165) is 9.86 Å². The molecule has 0 atom stereocenters. The maximum absolute atomic E-state index is 12.0. The molecule has 0 saturated heterocycles. The van der Waals surface area contributed by atoms with Crippen LogP contribution >= 0.6 is 15.9 Å². The average Bonchev–Trinajstić information content (AvgIpc) is 3.09. The van der Waals surface area contributed by atoms with Gasteiger partial charge in [-0.05, 0) is 49.4 Å². The Morgan fingerprint density at radius 2 is 1.86 bits per heavy atom. The molecule has 0 unspecified atom stereocenters. The van der Waals surface area contributed by atoms with Crippen molar-refractivity contribution in [3.05, 3.63) is 63.4 Å². The van der Waals surface area contributed by atoms with Crippen molar-refractivity contribution in [2.75, 3.05) is 13.2 Å².